The van der Waals surface area contributed by atoms with Gasteiger partial charge in [-0.05, 0) is 12.8 Å². The Morgan fingerprint density at radius 1 is 1.42 bits per heavy atom. The van der Waals surface area contributed by atoms with Crippen molar-refractivity contribution in [2.75, 3.05) is 5.33 Å². The van der Waals surface area contributed by atoms with E-state index >= 15 is 0 Å². The van der Waals surface area contributed by atoms with Gasteiger partial charge in [-0.2, -0.15) is 0 Å². The largest absolute Gasteiger partial charge is 0.297 e. The van der Waals surface area contributed by atoms with Crippen molar-refractivity contribution in [3.8, 4) is 0 Å². The summed E-state index contributed by atoms with van der Waals surface area (Å²) < 4.78 is 0.0256. The Bertz CT molecular complexity index is 175. The topological polar surface area (TPSA) is 17.1 Å². The summed E-state index contributed by atoms with van der Waals surface area (Å²) in [6.45, 7) is 0. The van der Waals surface area contributed by atoms with E-state index < -0.39 is 0 Å². The summed E-state index contributed by atoms with van der Waals surface area (Å²) in [6, 6.07) is 0. The van der Waals surface area contributed by atoms with Crippen molar-refractivity contribution in [2.24, 2.45) is 0 Å². The van der Waals surface area contributed by atoms with Crippen LogP contribution in [-0.4, -0.2) is 20.3 Å². The molecule has 0 spiro atoms. The molecule has 0 amide bonds. The molecule has 1 unspecified atom stereocenters. The van der Waals surface area contributed by atoms with Gasteiger partial charge in [0, 0.05) is 4.32 Å². The SMILES string of the molecule is O=C(CBr)C(Br)C1(Br)CCCC1. The van der Waals surface area contributed by atoms with Gasteiger partial charge in [0.05, 0.1) is 10.2 Å². The maximum atomic E-state index is 11.4. The number of rotatable bonds is 3. The van der Waals surface area contributed by atoms with Crippen LogP contribution in [0.5, 0.6) is 0 Å². The standard InChI is InChI=1S/C8H11Br3O/c9-5-6(12)7(10)8(11)3-1-2-4-8/h7H,1-5H2. The van der Waals surface area contributed by atoms with E-state index in [9.17, 15) is 4.79 Å². The molecule has 0 heterocycles. The molecule has 0 radical (unpaired) electrons. The Morgan fingerprint density at radius 2 is 1.92 bits per heavy atom. The Morgan fingerprint density at radius 3 is 2.33 bits per heavy atom. The first-order valence-electron chi connectivity index (χ1n) is 4.02. The monoisotopic (exact) mass is 360 g/mol. The van der Waals surface area contributed by atoms with Gasteiger partial charge in [-0.3, -0.25) is 4.79 Å². The first-order valence-corrected chi connectivity index (χ1v) is 6.85. The lowest BCUT2D eigenvalue weighted by Gasteiger charge is -2.25. The molecule has 0 N–H and O–H groups in total. The first-order chi connectivity index (χ1) is 5.60. The minimum atomic E-state index is -0.0353. The van der Waals surface area contributed by atoms with Crippen LogP contribution >= 0.6 is 47.8 Å². The van der Waals surface area contributed by atoms with E-state index in [2.05, 4.69) is 47.8 Å². The summed E-state index contributed by atoms with van der Waals surface area (Å²) in [5.41, 5.74) is 0. The highest BCUT2D eigenvalue weighted by Gasteiger charge is 2.40. The molecule has 0 aromatic carbocycles. The van der Waals surface area contributed by atoms with Crippen molar-refractivity contribution >= 4 is 53.6 Å². The Hall–Kier alpha value is 1.11. The van der Waals surface area contributed by atoms with Crippen molar-refractivity contribution in [2.45, 2.75) is 34.8 Å². The smallest absolute Gasteiger partial charge is 0.158 e. The molecule has 0 aromatic heterocycles. The van der Waals surface area contributed by atoms with E-state index in [4.69, 9.17) is 0 Å². The zero-order valence-electron chi connectivity index (χ0n) is 6.66. The summed E-state index contributed by atoms with van der Waals surface area (Å²) in [5.74, 6) is 0.230. The van der Waals surface area contributed by atoms with E-state index in [1.165, 1.54) is 12.8 Å². The van der Waals surface area contributed by atoms with Crippen LogP contribution < -0.4 is 0 Å². The molecule has 0 aromatic rings. The van der Waals surface area contributed by atoms with Gasteiger partial charge in [0.1, 0.15) is 0 Å². The fourth-order valence-electron chi connectivity index (χ4n) is 1.57. The van der Waals surface area contributed by atoms with Crippen molar-refractivity contribution in [1.82, 2.24) is 0 Å². The van der Waals surface area contributed by atoms with Crippen LogP contribution in [0.25, 0.3) is 0 Å². The first kappa shape index (κ1) is 11.2. The zero-order valence-corrected chi connectivity index (χ0v) is 11.4. The number of hydrogen-bond acceptors (Lipinski definition) is 1. The number of hydrogen-bond donors (Lipinski definition) is 0. The molecule has 1 nitrogen and oxygen atoms in total. The quantitative estimate of drug-likeness (QED) is 0.703. The number of halogens is 3. The van der Waals surface area contributed by atoms with Crippen LogP contribution in [0.1, 0.15) is 25.7 Å². The molecule has 12 heavy (non-hydrogen) atoms. The minimum absolute atomic E-state index is 0.0256. The number of carbonyl (C=O) groups excluding carboxylic acids is 1. The molecule has 1 rings (SSSR count). The van der Waals surface area contributed by atoms with Crippen molar-refractivity contribution in [3.63, 3.8) is 0 Å². The number of Topliss-reactive ketones (excluding diaryl/α,β-unsaturated/α-hetero) is 1. The lowest BCUT2D eigenvalue weighted by molar-refractivity contribution is -0.116. The van der Waals surface area contributed by atoms with Gasteiger partial charge >= 0.3 is 0 Å². The highest BCUT2D eigenvalue weighted by Crippen LogP contribution is 2.43. The summed E-state index contributed by atoms with van der Waals surface area (Å²) in [5, 5.41) is 0.441. The fraction of sp³-hybridized carbons (Fsp3) is 0.875. The van der Waals surface area contributed by atoms with Crippen LogP contribution in [0.4, 0.5) is 0 Å². The molecule has 0 bridgehead atoms. The third kappa shape index (κ3) is 2.32. The van der Waals surface area contributed by atoms with Crippen molar-refractivity contribution < 1.29 is 4.79 Å². The number of ketones is 1. The van der Waals surface area contributed by atoms with Crippen LogP contribution in [0.2, 0.25) is 0 Å². The van der Waals surface area contributed by atoms with Crippen LogP contribution in [-0.2, 0) is 4.79 Å². The number of alkyl halides is 3. The van der Waals surface area contributed by atoms with Gasteiger partial charge in [-0.15, -0.1) is 0 Å². The Kier molecular flexibility index (Phi) is 4.25. The molecule has 4 heteroatoms. The maximum absolute atomic E-state index is 11.4. The molecule has 1 atom stereocenters. The summed E-state index contributed by atoms with van der Waals surface area (Å²) >= 11 is 10.3. The highest BCUT2D eigenvalue weighted by molar-refractivity contribution is 9.13. The summed E-state index contributed by atoms with van der Waals surface area (Å²) in [4.78, 5) is 11.3. The van der Waals surface area contributed by atoms with E-state index in [1.807, 2.05) is 0 Å². The predicted octanol–water partition coefficient (Wildman–Crippen LogP) is 3.42. The van der Waals surface area contributed by atoms with Crippen molar-refractivity contribution in [3.05, 3.63) is 0 Å². The van der Waals surface area contributed by atoms with Gasteiger partial charge in [0.2, 0.25) is 0 Å². The molecular formula is C8H11Br3O. The van der Waals surface area contributed by atoms with Gasteiger partial charge < -0.3 is 0 Å². The molecule has 70 valence electrons. The van der Waals surface area contributed by atoms with Crippen LogP contribution in [0.3, 0.4) is 0 Å². The van der Waals surface area contributed by atoms with Gasteiger partial charge in [0.25, 0.3) is 0 Å². The maximum Gasteiger partial charge on any atom is 0.158 e. The third-order valence-corrected chi connectivity index (χ3v) is 6.11. The number of carbonyl (C=O) groups is 1. The highest BCUT2D eigenvalue weighted by atomic mass is 79.9. The third-order valence-electron chi connectivity index (χ3n) is 2.30. The van der Waals surface area contributed by atoms with Crippen LogP contribution in [0.15, 0.2) is 0 Å². The summed E-state index contributed by atoms with van der Waals surface area (Å²) in [6.07, 6.45) is 4.65. The zero-order chi connectivity index (χ0) is 9.19. The molecule has 1 fully saturated rings. The second kappa shape index (κ2) is 4.56. The van der Waals surface area contributed by atoms with Gasteiger partial charge in [-0.25, -0.2) is 0 Å². The second-order valence-electron chi connectivity index (χ2n) is 3.20. The van der Waals surface area contributed by atoms with Gasteiger partial charge in [0.15, 0.2) is 5.78 Å². The lowest BCUT2D eigenvalue weighted by Crippen LogP contribution is -2.35. The van der Waals surface area contributed by atoms with E-state index in [1.54, 1.807) is 0 Å². The second-order valence-corrected chi connectivity index (χ2v) is 6.26. The van der Waals surface area contributed by atoms with Crippen LogP contribution in [0, 0.1) is 0 Å². The normalized spacial score (nSPS) is 23.9. The van der Waals surface area contributed by atoms with E-state index in [0.29, 0.717) is 5.33 Å². The fourth-order valence-corrected chi connectivity index (χ4v) is 3.77. The Balaban J connectivity index is 2.61. The van der Waals surface area contributed by atoms with E-state index in [-0.39, 0.29) is 14.9 Å². The molecule has 1 aliphatic carbocycles. The Labute approximate surface area is 98.1 Å². The molecular weight excluding hydrogens is 352 g/mol. The van der Waals surface area contributed by atoms with E-state index in [0.717, 1.165) is 12.8 Å². The molecule has 0 saturated heterocycles. The average Bonchev–Trinajstić information content (AvgIpc) is 2.50. The van der Waals surface area contributed by atoms with Gasteiger partial charge in [-0.1, -0.05) is 60.6 Å². The molecule has 1 aliphatic rings. The predicted molar refractivity (Wildman–Crippen MR) is 61.6 cm³/mol. The minimum Gasteiger partial charge on any atom is -0.297 e. The molecule has 1 saturated carbocycles. The van der Waals surface area contributed by atoms with Crippen molar-refractivity contribution in [1.29, 1.82) is 0 Å². The average molecular weight is 363 g/mol. The summed E-state index contributed by atoms with van der Waals surface area (Å²) in [7, 11) is 0. The lowest BCUT2D eigenvalue weighted by atomic mass is 10.0. The molecule has 0 aliphatic heterocycles.